The molecule has 0 aliphatic carbocycles. The fraction of sp³-hybridized carbons (Fsp3) is 0.294. The van der Waals surface area contributed by atoms with Crippen LogP contribution in [0, 0.1) is 12.5 Å². The fourth-order valence-electron chi connectivity index (χ4n) is 2.70. The van der Waals surface area contributed by atoms with Crippen molar-refractivity contribution in [1.29, 1.82) is 5.53 Å². The minimum Gasteiger partial charge on any atom is -0.479 e. The first kappa shape index (κ1) is 17.7. The molecule has 0 aliphatic heterocycles. The summed E-state index contributed by atoms with van der Waals surface area (Å²) in [6.45, 7) is 3.14. The molecular weight excluding hydrogens is 342 g/mol. The van der Waals surface area contributed by atoms with E-state index in [0.717, 1.165) is 11.1 Å². The fourth-order valence-corrected chi connectivity index (χ4v) is 2.70. The summed E-state index contributed by atoms with van der Waals surface area (Å²) in [6.07, 6.45) is -0.761. The summed E-state index contributed by atoms with van der Waals surface area (Å²) in [7, 11) is 1.53. The number of nitrogens with zero attached hydrogens (tertiary/aromatic N) is 4. The molecule has 0 aliphatic rings. The van der Waals surface area contributed by atoms with Crippen LogP contribution in [0.3, 0.4) is 0 Å². The van der Waals surface area contributed by atoms with Crippen LogP contribution in [-0.4, -0.2) is 34.2 Å². The van der Waals surface area contributed by atoms with Gasteiger partial charge in [-0.15, -0.1) is 0 Å². The first-order chi connectivity index (χ1) is 12.4. The molecule has 3 rings (SSSR count). The molecule has 0 saturated heterocycles. The number of hydrogen-bond donors (Lipinski definition) is 2. The quantitative estimate of drug-likeness (QED) is 0.636. The van der Waals surface area contributed by atoms with Gasteiger partial charge in [-0.25, -0.2) is 18.8 Å². The van der Waals surface area contributed by atoms with Gasteiger partial charge in [0.1, 0.15) is 17.0 Å². The smallest absolute Gasteiger partial charge is 0.258 e. The first-order valence-corrected chi connectivity index (χ1v) is 7.91. The van der Waals surface area contributed by atoms with E-state index >= 15 is 0 Å². The van der Waals surface area contributed by atoms with E-state index in [0.29, 0.717) is 22.9 Å². The van der Waals surface area contributed by atoms with Crippen LogP contribution in [0.25, 0.3) is 16.6 Å². The number of ether oxygens (including phenoxy) is 1. The second kappa shape index (κ2) is 7.03. The van der Waals surface area contributed by atoms with Crippen molar-refractivity contribution in [3.8, 4) is 17.0 Å². The highest BCUT2D eigenvalue weighted by atomic mass is 19.3. The summed E-state index contributed by atoms with van der Waals surface area (Å²) < 4.78 is 32.8. The van der Waals surface area contributed by atoms with Crippen LogP contribution >= 0.6 is 0 Å². The van der Waals surface area contributed by atoms with Crippen molar-refractivity contribution in [3.63, 3.8) is 0 Å². The molecule has 0 fully saturated rings. The van der Waals surface area contributed by atoms with E-state index in [1.54, 1.807) is 35.8 Å². The van der Waals surface area contributed by atoms with Gasteiger partial charge in [-0.1, -0.05) is 6.07 Å². The van der Waals surface area contributed by atoms with Gasteiger partial charge in [-0.05, 0) is 37.6 Å². The zero-order valence-corrected chi connectivity index (χ0v) is 14.5. The summed E-state index contributed by atoms with van der Waals surface area (Å²) in [5, 5.41) is 10.4. The highest BCUT2D eigenvalue weighted by molar-refractivity contribution is 5.87. The molecule has 3 aromatic rings. The van der Waals surface area contributed by atoms with Gasteiger partial charge in [-0.2, -0.15) is 15.2 Å². The molecule has 2 heterocycles. The van der Waals surface area contributed by atoms with Crippen molar-refractivity contribution < 1.29 is 13.5 Å². The van der Waals surface area contributed by atoms with E-state index < -0.39 is 12.5 Å². The molecule has 0 saturated carbocycles. The Morgan fingerprint density at radius 3 is 2.73 bits per heavy atom. The van der Waals surface area contributed by atoms with E-state index in [2.05, 4.69) is 20.5 Å². The van der Waals surface area contributed by atoms with Crippen LogP contribution < -0.4 is 10.1 Å². The Balaban J connectivity index is 2.13. The summed E-state index contributed by atoms with van der Waals surface area (Å²) in [4.78, 5) is 4.29. The van der Waals surface area contributed by atoms with E-state index in [-0.39, 0.29) is 5.69 Å². The number of halogens is 2. The normalized spacial score (nSPS) is 12.4. The molecule has 2 aromatic heterocycles. The van der Waals surface area contributed by atoms with E-state index in [9.17, 15) is 8.78 Å². The minimum absolute atomic E-state index is 0.281. The van der Waals surface area contributed by atoms with Gasteiger partial charge in [0, 0.05) is 11.8 Å². The molecular formula is C17H18F2N6O. The number of benzene rings is 1. The van der Waals surface area contributed by atoms with Crippen molar-refractivity contribution in [2.75, 3.05) is 12.4 Å². The average Bonchev–Trinajstić information content (AvgIpc) is 3.04. The zero-order valence-electron chi connectivity index (χ0n) is 14.5. The van der Waals surface area contributed by atoms with Gasteiger partial charge in [0.2, 0.25) is 5.88 Å². The van der Waals surface area contributed by atoms with Crippen molar-refractivity contribution in [2.45, 2.75) is 26.3 Å². The average molecular weight is 360 g/mol. The molecule has 136 valence electrons. The predicted molar refractivity (Wildman–Crippen MR) is 93.6 cm³/mol. The molecule has 9 heteroatoms. The topological polar surface area (TPSA) is 87.7 Å². The molecule has 0 unspecified atom stereocenters. The van der Waals surface area contributed by atoms with Gasteiger partial charge < -0.3 is 10.1 Å². The van der Waals surface area contributed by atoms with Crippen LogP contribution in [-0.2, 0) is 0 Å². The van der Waals surface area contributed by atoms with Crippen LogP contribution in [0.15, 0.2) is 35.6 Å². The number of fused-ring (bicyclic) bond motifs is 1. The lowest BCUT2D eigenvalue weighted by atomic mass is 10.1. The van der Waals surface area contributed by atoms with Crippen molar-refractivity contribution >= 4 is 16.9 Å². The Labute approximate surface area is 148 Å². The second-order valence-corrected chi connectivity index (χ2v) is 5.80. The van der Waals surface area contributed by atoms with Gasteiger partial charge >= 0.3 is 0 Å². The molecule has 7 nitrogen and oxygen atoms in total. The highest BCUT2D eigenvalue weighted by Crippen LogP contribution is 2.36. The van der Waals surface area contributed by atoms with Crippen LogP contribution in [0.5, 0.6) is 5.88 Å². The number of hydrogen-bond acceptors (Lipinski definition) is 6. The van der Waals surface area contributed by atoms with E-state index in [1.165, 1.54) is 14.0 Å². The molecule has 0 spiro atoms. The van der Waals surface area contributed by atoms with Crippen LogP contribution in [0.1, 0.15) is 12.7 Å². The Morgan fingerprint density at radius 2 is 2.08 bits per heavy atom. The lowest BCUT2D eigenvalue weighted by molar-refractivity contribution is 0.131. The van der Waals surface area contributed by atoms with E-state index in [4.69, 9.17) is 10.3 Å². The standard InChI is InChI=1S/C17H18F2N6O/c1-9(16(18)19)21-14-8-11(4-5-13(14)23-20)12-6-7-25-15(12)17(26-3)22-10(2)24-25/h4-9,16,20-21H,1-3H3/t9-/m0/s1. The maximum Gasteiger partial charge on any atom is 0.258 e. The number of aryl methyl sites for hydroxylation is 1. The monoisotopic (exact) mass is 360 g/mol. The minimum atomic E-state index is -2.54. The molecule has 2 N–H and O–H groups in total. The third-order valence-corrected chi connectivity index (χ3v) is 3.97. The Bertz CT molecular complexity index is 956. The SMILES string of the molecule is COc1nc(C)nn2ccc(-c3ccc(N=N)c(N[C@@H](C)C(F)F)c3)c12. The highest BCUT2D eigenvalue weighted by Gasteiger charge is 2.18. The molecule has 26 heavy (non-hydrogen) atoms. The van der Waals surface area contributed by atoms with Crippen molar-refractivity contribution in [1.82, 2.24) is 14.6 Å². The van der Waals surface area contributed by atoms with Gasteiger partial charge in [0.25, 0.3) is 6.43 Å². The maximum absolute atomic E-state index is 12.9. The Kier molecular flexibility index (Phi) is 4.79. The molecule has 0 bridgehead atoms. The number of methoxy groups -OCH3 is 1. The predicted octanol–water partition coefficient (Wildman–Crippen LogP) is 4.44. The van der Waals surface area contributed by atoms with Crippen molar-refractivity contribution in [2.24, 2.45) is 5.11 Å². The first-order valence-electron chi connectivity index (χ1n) is 7.91. The number of rotatable bonds is 6. The zero-order chi connectivity index (χ0) is 18.8. The third-order valence-electron chi connectivity index (χ3n) is 3.97. The Hall–Kier alpha value is -3.10. The molecule has 1 aromatic carbocycles. The van der Waals surface area contributed by atoms with Gasteiger partial charge in [0.15, 0.2) is 0 Å². The third kappa shape index (κ3) is 3.19. The second-order valence-electron chi connectivity index (χ2n) is 5.80. The lowest BCUT2D eigenvalue weighted by Crippen LogP contribution is -2.23. The van der Waals surface area contributed by atoms with Crippen molar-refractivity contribution in [3.05, 3.63) is 36.3 Å². The van der Waals surface area contributed by atoms with Gasteiger partial charge in [-0.3, -0.25) is 0 Å². The Morgan fingerprint density at radius 1 is 1.31 bits per heavy atom. The van der Waals surface area contributed by atoms with E-state index in [1.807, 2.05) is 6.07 Å². The molecule has 1 atom stereocenters. The summed E-state index contributed by atoms with van der Waals surface area (Å²) >= 11 is 0. The summed E-state index contributed by atoms with van der Waals surface area (Å²) in [5.74, 6) is 0.982. The number of alkyl halides is 2. The lowest BCUT2D eigenvalue weighted by Gasteiger charge is -2.16. The largest absolute Gasteiger partial charge is 0.479 e. The van der Waals surface area contributed by atoms with Crippen LogP contribution in [0.4, 0.5) is 20.2 Å². The summed E-state index contributed by atoms with van der Waals surface area (Å²) in [6, 6.07) is 5.82. The van der Waals surface area contributed by atoms with Gasteiger partial charge in [0.05, 0.1) is 18.8 Å². The molecule has 0 amide bonds. The number of nitrogens with one attached hydrogen (secondary N) is 2. The number of anilines is 1. The summed E-state index contributed by atoms with van der Waals surface area (Å²) in [5.41, 5.74) is 10.1. The van der Waals surface area contributed by atoms with Crippen LogP contribution in [0.2, 0.25) is 0 Å². The number of aromatic nitrogens is 3. The maximum atomic E-state index is 12.9. The molecule has 0 radical (unpaired) electrons.